The standard InChI is InChI=1S/C22H23N5O2S/c1-14-8-5-6-10-20(14)27-22(23-24-25-27)30-17(4)21(28)19-12-15(2)26(16(19)3)13-18-9-7-11-29-18/h5-12,17H,13H2,1-4H3/t17-/m0/s1. The van der Waals surface area contributed by atoms with Gasteiger partial charge in [0.25, 0.3) is 0 Å². The highest BCUT2D eigenvalue weighted by Crippen LogP contribution is 2.28. The van der Waals surface area contributed by atoms with Crippen LogP contribution >= 0.6 is 11.8 Å². The van der Waals surface area contributed by atoms with Gasteiger partial charge >= 0.3 is 0 Å². The number of Topliss-reactive ketones (excluding diaryl/α,β-unsaturated/α-hetero) is 1. The quantitative estimate of drug-likeness (QED) is 0.325. The summed E-state index contributed by atoms with van der Waals surface area (Å²) in [5.41, 5.74) is 4.64. The number of tetrazole rings is 1. The Kier molecular flexibility index (Phi) is 5.59. The molecule has 0 aliphatic heterocycles. The van der Waals surface area contributed by atoms with Crippen molar-refractivity contribution in [3.05, 3.63) is 77.0 Å². The zero-order valence-corrected chi connectivity index (χ0v) is 18.2. The molecule has 8 heteroatoms. The normalized spacial score (nSPS) is 12.3. The second kappa shape index (κ2) is 8.31. The molecule has 0 aliphatic carbocycles. The molecule has 0 spiro atoms. The van der Waals surface area contributed by atoms with E-state index in [4.69, 9.17) is 4.42 Å². The van der Waals surface area contributed by atoms with E-state index in [9.17, 15) is 4.79 Å². The Labute approximate surface area is 179 Å². The van der Waals surface area contributed by atoms with Crippen LogP contribution in [-0.2, 0) is 6.54 Å². The van der Waals surface area contributed by atoms with Crippen LogP contribution in [0, 0.1) is 20.8 Å². The van der Waals surface area contributed by atoms with Crippen LogP contribution in [0.25, 0.3) is 5.69 Å². The molecule has 4 rings (SSSR count). The molecule has 0 saturated carbocycles. The lowest BCUT2D eigenvalue weighted by molar-refractivity contribution is 0.0993. The van der Waals surface area contributed by atoms with Gasteiger partial charge in [-0.05, 0) is 68.0 Å². The summed E-state index contributed by atoms with van der Waals surface area (Å²) in [6, 6.07) is 13.6. The minimum Gasteiger partial charge on any atom is -0.467 e. The Morgan fingerprint density at radius 3 is 2.70 bits per heavy atom. The van der Waals surface area contributed by atoms with Gasteiger partial charge in [0.05, 0.1) is 23.7 Å². The van der Waals surface area contributed by atoms with Gasteiger partial charge < -0.3 is 8.98 Å². The van der Waals surface area contributed by atoms with E-state index in [1.165, 1.54) is 11.8 Å². The molecule has 3 heterocycles. The van der Waals surface area contributed by atoms with E-state index in [1.54, 1.807) is 10.9 Å². The van der Waals surface area contributed by atoms with Crippen molar-refractivity contribution in [1.82, 2.24) is 24.8 Å². The number of carbonyl (C=O) groups is 1. The number of furan rings is 1. The Morgan fingerprint density at radius 2 is 1.97 bits per heavy atom. The second-order valence-corrected chi connectivity index (χ2v) is 8.54. The SMILES string of the molecule is Cc1ccccc1-n1nnnc1S[C@@H](C)C(=O)c1cc(C)n(Cc2ccco2)c1C. The van der Waals surface area contributed by atoms with Crippen molar-refractivity contribution in [2.45, 2.75) is 44.6 Å². The Hall–Kier alpha value is -3.13. The molecular weight excluding hydrogens is 398 g/mol. The third kappa shape index (κ3) is 3.82. The molecule has 0 fully saturated rings. The number of nitrogens with zero attached hydrogens (tertiary/aromatic N) is 5. The molecule has 1 aromatic carbocycles. The van der Waals surface area contributed by atoms with Crippen LogP contribution in [0.15, 0.2) is 58.3 Å². The van der Waals surface area contributed by atoms with Crippen LogP contribution in [0.5, 0.6) is 0 Å². The highest BCUT2D eigenvalue weighted by atomic mass is 32.2. The number of aromatic nitrogens is 5. The maximum Gasteiger partial charge on any atom is 0.214 e. The zero-order valence-electron chi connectivity index (χ0n) is 17.4. The van der Waals surface area contributed by atoms with Crippen molar-refractivity contribution >= 4 is 17.5 Å². The molecule has 0 aliphatic rings. The van der Waals surface area contributed by atoms with E-state index in [-0.39, 0.29) is 11.0 Å². The average Bonchev–Trinajstić information content (AvgIpc) is 3.46. The predicted molar refractivity (Wildman–Crippen MR) is 115 cm³/mol. The molecule has 0 radical (unpaired) electrons. The van der Waals surface area contributed by atoms with Crippen LogP contribution in [-0.4, -0.2) is 35.8 Å². The predicted octanol–water partition coefficient (Wildman–Crippen LogP) is 4.39. The molecule has 154 valence electrons. The van der Waals surface area contributed by atoms with E-state index in [1.807, 2.05) is 70.2 Å². The van der Waals surface area contributed by atoms with Gasteiger partial charge in [-0.1, -0.05) is 30.0 Å². The average molecular weight is 422 g/mol. The van der Waals surface area contributed by atoms with E-state index in [2.05, 4.69) is 20.1 Å². The Balaban J connectivity index is 1.56. The summed E-state index contributed by atoms with van der Waals surface area (Å²) < 4.78 is 9.25. The number of rotatable bonds is 7. The van der Waals surface area contributed by atoms with E-state index in [0.29, 0.717) is 17.3 Å². The molecule has 0 amide bonds. The van der Waals surface area contributed by atoms with Crippen molar-refractivity contribution in [3.63, 3.8) is 0 Å². The largest absolute Gasteiger partial charge is 0.467 e. The van der Waals surface area contributed by atoms with Crippen molar-refractivity contribution in [3.8, 4) is 5.69 Å². The summed E-state index contributed by atoms with van der Waals surface area (Å²) in [4.78, 5) is 13.2. The summed E-state index contributed by atoms with van der Waals surface area (Å²) >= 11 is 1.36. The molecule has 0 bridgehead atoms. The van der Waals surface area contributed by atoms with Gasteiger partial charge in [0.2, 0.25) is 5.16 Å². The summed E-state index contributed by atoms with van der Waals surface area (Å²) in [5.74, 6) is 0.911. The Morgan fingerprint density at radius 1 is 1.17 bits per heavy atom. The lowest BCUT2D eigenvalue weighted by atomic mass is 10.1. The first-order chi connectivity index (χ1) is 14.5. The number of ketones is 1. The summed E-state index contributed by atoms with van der Waals surface area (Å²) in [7, 11) is 0. The molecule has 0 N–H and O–H groups in total. The van der Waals surface area contributed by atoms with Crippen molar-refractivity contribution in [1.29, 1.82) is 0 Å². The van der Waals surface area contributed by atoms with E-state index >= 15 is 0 Å². The second-order valence-electron chi connectivity index (χ2n) is 7.23. The number of thioether (sulfide) groups is 1. The first kappa shape index (κ1) is 20.2. The van der Waals surface area contributed by atoms with Crippen LogP contribution in [0.1, 0.15) is 40.0 Å². The van der Waals surface area contributed by atoms with Crippen LogP contribution in [0.2, 0.25) is 0 Å². The molecule has 30 heavy (non-hydrogen) atoms. The smallest absolute Gasteiger partial charge is 0.214 e. The maximum atomic E-state index is 13.2. The highest BCUT2D eigenvalue weighted by Gasteiger charge is 2.24. The molecule has 7 nitrogen and oxygen atoms in total. The van der Waals surface area contributed by atoms with Crippen molar-refractivity contribution in [2.75, 3.05) is 0 Å². The molecule has 1 atom stereocenters. The third-order valence-electron chi connectivity index (χ3n) is 5.17. The molecule has 4 aromatic rings. The molecule has 0 unspecified atom stereocenters. The summed E-state index contributed by atoms with van der Waals surface area (Å²) in [5, 5.41) is 12.3. The van der Waals surface area contributed by atoms with Crippen molar-refractivity contribution in [2.24, 2.45) is 0 Å². The van der Waals surface area contributed by atoms with Crippen LogP contribution in [0.4, 0.5) is 0 Å². The summed E-state index contributed by atoms with van der Waals surface area (Å²) in [6.07, 6.45) is 1.66. The molecular formula is C22H23N5O2S. The van der Waals surface area contributed by atoms with Gasteiger partial charge in [-0.25, -0.2) is 0 Å². The maximum absolute atomic E-state index is 13.2. The van der Waals surface area contributed by atoms with Gasteiger partial charge in [0.1, 0.15) is 5.76 Å². The molecule has 3 aromatic heterocycles. The third-order valence-corrected chi connectivity index (χ3v) is 6.20. The van der Waals surface area contributed by atoms with E-state index in [0.717, 1.165) is 28.4 Å². The number of hydrogen-bond acceptors (Lipinski definition) is 6. The van der Waals surface area contributed by atoms with Crippen molar-refractivity contribution < 1.29 is 9.21 Å². The fourth-order valence-corrected chi connectivity index (χ4v) is 4.36. The first-order valence-corrected chi connectivity index (χ1v) is 10.6. The van der Waals surface area contributed by atoms with Gasteiger partial charge in [-0.15, -0.1) is 5.10 Å². The van der Waals surface area contributed by atoms with Gasteiger partial charge in [0, 0.05) is 17.0 Å². The van der Waals surface area contributed by atoms with Crippen LogP contribution in [0.3, 0.4) is 0 Å². The number of carbonyl (C=O) groups excluding carboxylic acids is 1. The zero-order chi connectivity index (χ0) is 21.3. The fourth-order valence-electron chi connectivity index (χ4n) is 3.49. The van der Waals surface area contributed by atoms with Crippen LogP contribution < -0.4 is 0 Å². The van der Waals surface area contributed by atoms with Gasteiger partial charge in [0.15, 0.2) is 5.78 Å². The fraction of sp³-hybridized carbons (Fsp3) is 0.273. The summed E-state index contributed by atoms with van der Waals surface area (Å²) in [6.45, 7) is 8.47. The van der Waals surface area contributed by atoms with Gasteiger partial charge in [-0.2, -0.15) is 4.68 Å². The lowest BCUT2D eigenvalue weighted by Gasteiger charge is -2.12. The topological polar surface area (TPSA) is 78.7 Å². The minimum atomic E-state index is -0.337. The first-order valence-electron chi connectivity index (χ1n) is 9.70. The van der Waals surface area contributed by atoms with Gasteiger partial charge in [-0.3, -0.25) is 4.79 Å². The monoisotopic (exact) mass is 421 g/mol. The molecule has 0 saturated heterocycles. The lowest BCUT2D eigenvalue weighted by Crippen LogP contribution is -2.16. The Bertz CT molecular complexity index is 1180. The minimum absolute atomic E-state index is 0.0538. The van der Waals surface area contributed by atoms with E-state index < -0.39 is 0 Å². The number of benzene rings is 1. The number of aryl methyl sites for hydroxylation is 2. The number of hydrogen-bond donors (Lipinski definition) is 0. The number of para-hydroxylation sites is 1. The highest BCUT2D eigenvalue weighted by molar-refractivity contribution is 8.00.